The maximum atomic E-state index is 12.4. The Balaban J connectivity index is 2.20. The first-order chi connectivity index (χ1) is 10.4. The van der Waals surface area contributed by atoms with Crippen molar-refractivity contribution in [2.45, 2.75) is 25.9 Å². The van der Waals surface area contributed by atoms with Crippen LogP contribution in [0.2, 0.25) is 0 Å². The molecule has 0 aliphatic carbocycles. The van der Waals surface area contributed by atoms with Gasteiger partial charge in [-0.3, -0.25) is 4.79 Å². The second-order valence-electron chi connectivity index (χ2n) is 4.56. The summed E-state index contributed by atoms with van der Waals surface area (Å²) in [6, 6.07) is 0. The molecule has 0 atom stereocenters. The standard InChI is InChI=1S/C13H17N5O3S/c1-4-21-11(20)10-7(3)15-6(2)9(10)8(19)5-22-13-16-12(14)17-18-13/h15H,4-5H2,1-3H3,(H3,14,16,17,18). The number of aromatic nitrogens is 4. The lowest BCUT2D eigenvalue weighted by atomic mass is 10.1. The molecule has 0 bridgehead atoms. The summed E-state index contributed by atoms with van der Waals surface area (Å²) in [5, 5.41) is 6.73. The average Bonchev–Trinajstić information content (AvgIpc) is 2.99. The van der Waals surface area contributed by atoms with Crippen LogP contribution in [0.25, 0.3) is 0 Å². The molecule has 118 valence electrons. The van der Waals surface area contributed by atoms with E-state index in [-0.39, 0.29) is 24.1 Å². The topological polar surface area (TPSA) is 127 Å². The minimum Gasteiger partial charge on any atom is -0.462 e. The first kappa shape index (κ1) is 16.1. The Kier molecular flexibility index (Phi) is 4.86. The maximum Gasteiger partial charge on any atom is 0.340 e. The molecule has 2 rings (SSSR count). The van der Waals surface area contributed by atoms with Gasteiger partial charge in [0, 0.05) is 11.4 Å². The van der Waals surface area contributed by atoms with Crippen molar-refractivity contribution >= 4 is 29.5 Å². The monoisotopic (exact) mass is 323 g/mol. The van der Waals surface area contributed by atoms with Crippen molar-refractivity contribution in [3.05, 3.63) is 22.5 Å². The van der Waals surface area contributed by atoms with Crippen molar-refractivity contribution in [1.82, 2.24) is 20.2 Å². The number of esters is 1. The fourth-order valence-electron chi connectivity index (χ4n) is 2.11. The van der Waals surface area contributed by atoms with E-state index in [1.165, 1.54) is 0 Å². The number of hydrogen-bond donors (Lipinski definition) is 3. The van der Waals surface area contributed by atoms with Crippen LogP contribution in [0.4, 0.5) is 5.95 Å². The first-order valence-electron chi connectivity index (χ1n) is 6.64. The fraction of sp³-hybridized carbons (Fsp3) is 0.385. The second kappa shape index (κ2) is 6.65. The molecule has 0 spiro atoms. The van der Waals surface area contributed by atoms with Crippen molar-refractivity contribution in [3.63, 3.8) is 0 Å². The van der Waals surface area contributed by atoms with E-state index < -0.39 is 5.97 Å². The highest BCUT2D eigenvalue weighted by Gasteiger charge is 2.25. The van der Waals surface area contributed by atoms with E-state index in [9.17, 15) is 9.59 Å². The van der Waals surface area contributed by atoms with Crippen LogP contribution in [0.3, 0.4) is 0 Å². The molecule has 0 radical (unpaired) electrons. The van der Waals surface area contributed by atoms with Crippen LogP contribution in [0.1, 0.15) is 39.0 Å². The number of anilines is 1. The van der Waals surface area contributed by atoms with Crippen molar-refractivity contribution in [1.29, 1.82) is 0 Å². The zero-order valence-electron chi connectivity index (χ0n) is 12.5. The lowest BCUT2D eigenvalue weighted by molar-refractivity contribution is 0.0522. The van der Waals surface area contributed by atoms with Gasteiger partial charge in [-0.1, -0.05) is 11.8 Å². The molecule has 0 aliphatic heterocycles. The molecule has 9 heteroatoms. The van der Waals surface area contributed by atoms with Crippen molar-refractivity contribution < 1.29 is 14.3 Å². The zero-order valence-corrected chi connectivity index (χ0v) is 13.3. The summed E-state index contributed by atoms with van der Waals surface area (Å²) >= 11 is 1.15. The molecule has 0 unspecified atom stereocenters. The van der Waals surface area contributed by atoms with Crippen LogP contribution in [0, 0.1) is 13.8 Å². The van der Waals surface area contributed by atoms with Gasteiger partial charge >= 0.3 is 5.97 Å². The summed E-state index contributed by atoms with van der Waals surface area (Å²) in [6.07, 6.45) is 0. The van der Waals surface area contributed by atoms with Gasteiger partial charge < -0.3 is 15.5 Å². The Morgan fingerprint density at radius 3 is 2.55 bits per heavy atom. The minimum absolute atomic E-state index is 0.0990. The van der Waals surface area contributed by atoms with E-state index >= 15 is 0 Å². The highest BCUT2D eigenvalue weighted by atomic mass is 32.2. The SMILES string of the molecule is CCOC(=O)c1c(C)[nH]c(C)c1C(=O)CSc1n[nH]c(N)n1. The van der Waals surface area contributed by atoms with Gasteiger partial charge in [-0.25, -0.2) is 9.89 Å². The Labute approximate surface area is 131 Å². The first-order valence-corrected chi connectivity index (χ1v) is 7.62. The molecule has 0 aliphatic rings. The lowest BCUT2D eigenvalue weighted by Crippen LogP contribution is -2.13. The van der Waals surface area contributed by atoms with E-state index in [2.05, 4.69) is 20.2 Å². The van der Waals surface area contributed by atoms with Crippen molar-refractivity contribution in [2.24, 2.45) is 0 Å². The van der Waals surface area contributed by atoms with E-state index in [0.717, 1.165) is 11.8 Å². The summed E-state index contributed by atoms with van der Waals surface area (Å²) < 4.78 is 5.01. The highest BCUT2D eigenvalue weighted by Crippen LogP contribution is 2.23. The summed E-state index contributed by atoms with van der Waals surface area (Å²) in [6.45, 7) is 5.45. The molecule has 8 nitrogen and oxygen atoms in total. The molecular formula is C13H17N5O3S. The molecule has 2 heterocycles. The number of aryl methyl sites for hydroxylation is 2. The van der Waals surface area contributed by atoms with Gasteiger partial charge in [-0.15, -0.1) is 5.10 Å². The van der Waals surface area contributed by atoms with Crippen LogP contribution in [-0.4, -0.2) is 44.3 Å². The predicted molar refractivity (Wildman–Crippen MR) is 82.1 cm³/mol. The van der Waals surface area contributed by atoms with E-state index in [1.807, 2.05) is 0 Å². The van der Waals surface area contributed by atoms with Gasteiger partial charge in [0.15, 0.2) is 5.78 Å². The number of hydrogen-bond acceptors (Lipinski definition) is 7. The second-order valence-corrected chi connectivity index (χ2v) is 5.50. The summed E-state index contributed by atoms with van der Waals surface area (Å²) in [4.78, 5) is 31.4. The number of nitrogen functional groups attached to an aromatic ring is 1. The number of ether oxygens (including phenoxy) is 1. The number of carbonyl (C=O) groups is 2. The van der Waals surface area contributed by atoms with Gasteiger partial charge in [0.05, 0.1) is 23.5 Å². The third-order valence-electron chi connectivity index (χ3n) is 2.95. The van der Waals surface area contributed by atoms with Crippen LogP contribution in [0.5, 0.6) is 0 Å². The van der Waals surface area contributed by atoms with Crippen LogP contribution in [0.15, 0.2) is 5.16 Å². The van der Waals surface area contributed by atoms with Gasteiger partial charge in [0.2, 0.25) is 11.1 Å². The molecule has 0 fully saturated rings. The Morgan fingerprint density at radius 1 is 1.27 bits per heavy atom. The molecule has 22 heavy (non-hydrogen) atoms. The summed E-state index contributed by atoms with van der Waals surface area (Å²) in [7, 11) is 0. The van der Waals surface area contributed by atoms with E-state index in [0.29, 0.717) is 27.7 Å². The molecule has 2 aromatic rings. The molecule has 4 N–H and O–H groups in total. The molecule has 0 aromatic carbocycles. The number of nitrogens with one attached hydrogen (secondary N) is 2. The number of Topliss-reactive ketones (excluding diaryl/α,β-unsaturated/α-hetero) is 1. The number of carbonyl (C=O) groups excluding carboxylic acids is 2. The quantitative estimate of drug-likeness (QED) is 0.417. The zero-order chi connectivity index (χ0) is 16.3. The van der Waals surface area contributed by atoms with E-state index in [4.69, 9.17) is 10.5 Å². The number of H-pyrrole nitrogens is 2. The number of nitrogens with two attached hydrogens (primary N) is 1. The third kappa shape index (κ3) is 3.30. The molecule has 2 aromatic heterocycles. The van der Waals surface area contributed by atoms with Crippen molar-refractivity contribution in [2.75, 3.05) is 18.1 Å². The number of ketones is 1. The molecule has 0 saturated carbocycles. The Bertz CT molecular complexity index is 707. The Morgan fingerprint density at radius 2 is 1.95 bits per heavy atom. The van der Waals surface area contributed by atoms with Gasteiger partial charge in [-0.05, 0) is 20.8 Å². The Hall–Kier alpha value is -2.29. The van der Waals surface area contributed by atoms with Gasteiger partial charge in [-0.2, -0.15) is 4.98 Å². The van der Waals surface area contributed by atoms with Gasteiger partial charge in [0.25, 0.3) is 0 Å². The fourth-order valence-corrected chi connectivity index (χ4v) is 2.79. The lowest BCUT2D eigenvalue weighted by Gasteiger charge is -2.05. The largest absolute Gasteiger partial charge is 0.462 e. The smallest absolute Gasteiger partial charge is 0.340 e. The van der Waals surface area contributed by atoms with Crippen molar-refractivity contribution in [3.8, 4) is 0 Å². The number of aromatic amines is 2. The number of thioether (sulfide) groups is 1. The number of nitrogens with zero attached hydrogens (tertiary/aromatic N) is 2. The predicted octanol–water partition coefficient (Wildman–Crippen LogP) is 1.48. The average molecular weight is 323 g/mol. The van der Waals surface area contributed by atoms with Crippen LogP contribution >= 0.6 is 11.8 Å². The van der Waals surface area contributed by atoms with Gasteiger partial charge in [0.1, 0.15) is 0 Å². The number of rotatable bonds is 6. The van der Waals surface area contributed by atoms with E-state index in [1.54, 1.807) is 20.8 Å². The summed E-state index contributed by atoms with van der Waals surface area (Å²) in [5.74, 6) is -0.407. The minimum atomic E-state index is -0.500. The van der Waals surface area contributed by atoms with Crippen LogP contribution < -0.4 is 5.73 Å². The maximum absolute atomic E-state index is 12.4. The molecule has 0 saturated heterocycles. The normalized spacial score (nSPS) is 10.7. The molecule has 0 amide bonds. The highest BCUT2D eigenvalue weighted by molar-refractivity contribution is 7.99. The third-order valence-corrected chi connectivity index (χ3v) is 3.80. The van der Waals surface area contributed by atoms with Crippen LogP contribution in [-0.2, 0) is 4.74 Å². The summed E-state index contributed by atoms with van der Waals surface area (Å²) in [5.41, 5.74) is 7.33. The molecular weight excluding hydrogens is 306 g/mol.